The van der Waals surface area contributed by atoms with Gasteiger partial charge in [-0.1, -0.05) is 12.1 Å². The molecule has 0 amide bonds. The summed E-state index contributed by atoms with van der Waals surface area (Å²) in [6.45, 7) is 3.05. The molecule has 0 bridgehead atoms. The lowest BCUT2D eigenvalue weighted by Crippen LogP contribution is -2.32. The maximum absolute atomic E-state index is 11.9. The highest BCUT2D eigenvalue weighted by molar-refractivity contribution is 5.70. The molecule has 0 saturated carbocycles. The molecule has 2 aliphatic heterocycles. The van der Waals surface area contributed by atoms with Gasteiger partial charge in [0.1, 0.15) is 12.7 Å². The molecule has 1 aromatic carbocycles. The molecule has 0 aliphatic carbocycles. The van der Waals surface area contributed by atoms with E-state index in [0.717, 1.165) is 25.3 Å². The third-order valence-corrected chi connectivity index (χ3v) is 4.21. The lowest BCUT2D eigenvalue weighted by molar-refractivity contribution is -0.146. The van der Waals surface area contributed by atoms with Crippen molar-refractivity contribution in [3.05, 3.63) is 24.3 Å². The highest BCUT2D eigenvalue weighted by Gasteiger charge is 2.24. The molecule has 3 rings (SSSR count). The van der Waals surface area contributed by atoms with Crippen LogP contribution in [0.5, 0.6) is 11.5 Å². The van der Waals surface area contributed by atoms with Gasteiger partial charge in [-0.15, -0.1) is 0 Å². The Kier molecular flexibility index (Phi) is 5.16. The van der Waals surface area contributed by atoms with Gasteiger partial charge in [0.05, 0.1) is 13.0 Å². The van der Waals surface area contributed by atoms with E-state index in [9.17, 15) is 4.79 Å². The zero-order valence-corrected chi connectivity index (χ0v) is 12.8. The number of nitrogens with one attached hydrogen (secondary N) is 1. The van der Waals surface area contributed by atoms with Gasteiger partial charge in [0.25, 0.3) is 0 Å². The maximum atomic E-state index is 11.9. The maximum Gasteiger partial charge on any atom is 0.309 e. The van der Waals surface area contributed by atoms with Crippen molar-refractivity contribution in [1.82, 2.24) is 5.32 Å². The van der Waals surface area contributed by atoms with Crippen LogP contribution in [0.4, 0.5) is 0 Å². The highest BCUT2D eigenvalue weighted by atomic mass is 16.6. The second-order valence-electron chi connectivity index (χ2n) is 5.90. The average molecular weight is 305 g/mol. The molecule has 5 nitrogen and oxygen atoms in total. The Hall–Kier alpha value is -1.75. The number of hydrogen-bond donors (Lipinski definition) is 1. The number of piperidine rings is 1. The Morgan fingerprint density at radius 1 is 1.23 bits per heavy atom. The van der Waals surface area contributed by atoms with Crippen LogP contribution in [0.15, 0.2) is 24.3 Å². The molecule has 0 aromatic heterocycles. The van der Waals surface area contributed by atoms with Crippen LogP contribution in [0.25, 0.3) is 0 Å². The first kappa shape index (κ1) is 15.2. The van der Waals surface area contributed by atoms with Crippen LogP contribution >= 0.6 is 0 Å². The van der Waals surface area contributed by atoms with Crippen LogP contribution in [0, 0.1) is 5.92 Å². The summed E-state index contributed by atoms with van der Waals surface area (Å²) in [6.07, 6.45) is 3.28. The topological polar surface area (TPSA) is 56.8 Å². The number of fused-ring (bicyclic) bond motifs is 1. The van der Waals surface area contributed by atoms with Crippen LogP contribution in [0.1, 0.15) is 25.7 Å². The Labute approximate surface area is 130 Å². The number of carbonyl (C=O) groups is 1. The Morgan fingerprint density at radius 2 is 2.00 bits per heavy atom. The minimum absolute atomic E-state index is 0.207. The molecular weight excluding hydrogens is 282 g/mol. The zero-order valence-electron chi connectivity index (χ0n) is 12.8. The summed E-state index contributed by atoms with van der Waals surface area (Å²) in [5.41, 5.74) is 0. The monoisotopic (exact) mass is 305 g/mol. The summed E-state index contributed by atoms with van der Waals surface area (Å²) in [6, 6.07) is 7.51. The number of esters is 1. The molecule has 1 fully saturated rings. The zero-order chi connectivity index (χ0) is 15.2. The van der Waals surface area contributed by atoms with Gasteiger partial charge >= 0.3 is 5.97 Å². The van der Waals surface area contributed by atoms with Gasteiger partial charge in [-0.25, -0.2) is 0 Å². The molecular formula is C17H23NO4. The summed E-state index contributed by atoms with van der Waals surface area (Å²) < 4.78 is 16.7. The van der Waals surface area contributed by atoms with Crippen LogP contribution in [-0.2, 0) is 9.53 Å². The lowest BCUT2D eigenvalue weighted by Gasteiger charge is -2.26. The Balaban J connectivity index is 1.37. The predicted octanol–water partition coefficient (Wildman–Crippen LogP) is 2.15. The molecule has 1 atom stereocenters. The second-order valence-corrected chi connectivity index (χ2v) is 5.90. The van der Waals surface area contributed by atoms with E-state index in [1.807, 2.05) is 24.3 Å². The van der Waals surface area contributed by atoms with E-state index in [-0.39, 0.29) is 18.5 Å². The molecule has 2 heterocycles. The van der Waals surface area contributed by atoms with Gasteiger partial charge in [0.2, 0.25) is 0 Å². The van der Waals surface area contributed by atoms with Crippen molar-refractivity contribution in [2.24, 2.45) is 5.92 Å². The van der Waals surface area contributed by atoms with Crippen molar-refractivity contribution in [3.8, 4) is 11.5 Å². The van der Waals surface area contributed by atoms with E-state index in [1.54, 1.807) is 0 Å². The van der Waals surface area contributed by atoms with Crippen molar-refractivity contribution in [1.29, 1.82) is 0 Å². The fourth-order valence-corrected chi connectivity index (χ4v) is 2.92. The van der Waals surface area contributed by atoms with Gasteiger partial charge in [-0.3, -0.25) is 4.79 Å². The molecule has 1 saturated heterocycles. The Morgan fingerprint density at radius 3 is 2.82 bits per heavy atom. The van der Waals surface area contributed by atoms with Gasteiger partial charge in [0, 0.05) is 0 Å². The van der Waals surface area contributed by atoms with E-state index >= 15 is 0 Å². The minimum atomic E-state index is -0.263. The van der Waals surface area contributed by atoms with Crippen LogP contribution in [0.2, 0.25) is 0 Å². The largest absolute Gasteiger partial charge is 0.486 e. The summed E-state index contributed by atoms with van der Waals surface area (Å²) >= 11 is 0. The van der Waals surface area contributed by atoms with E-state index in [1.165, 1.54) is 12.8 Å². The number of carbonyl (C=O) groups excluding carboxylic acids is 1. The number of benzene rings is 1. The molecule has 1 unspecified atom stereocenters. The number of para-hydroxylation sites is 2. The summed E-state index contributed by atoms with van der Waals surface area (Å²) in [5.74, 6) is 1.90. The van der Waals surface area contributed by atoms with Crippen molar-refractivity contribution >= 4 is 5.97 Å². The smallest absolute Gasteiger partial charge is 0.309 e. The normalized spacial score (nSPS) is 21.4. The van der Waals surface area contributed by atoms with E-state index in [4.69, 9.17) is 14.2 Å². The summed E-state index contributed by atoms with van der Waals surface area (Å²) in [5, 5.41) is 3.34. The van der Waals surface area contributed by atoms with Crippen LogP contribution in [-0.4, -0.2) is 38.4 Å². The lowest BCUT2D eigenvalue weighted by atomic mass is 9.95. The highest BCUT2D eigenvalue weighted by Crippen LogP contribution is 2.31. The minimum Gasteiger partial charge on any atom is -0.486 e. The summed E-state index contributed by atoms with van der Waals surface area (Å²) in [4.78, 5) is 11.9. The first-order valence-electron chi connectivity index (χ1n) is 8.06. The van der Waals surface area contributed by atoms with E-state index in [2.05, 4.69) is 5.32 Å². The van der Waals surface area contributed by atoms with Gasteiger partial charge in [0.15, 0.2) is 11.5 Å². The van der Waals surface area contributed by atoms with Crippen molar-refractivity contribution in [2.45, 2.75) is 31.8 Å². The predicted molar refractivity (Wildman–Crippen MR) is 82.1 cm³/mol. The average Bonchev–Trinajstić information content (AvgIpc) is 2.56. The molecule has 22 heavy (non-hydrogen) atoms. The number of hydrogen-bond acceptors (Lipinski definition) is 5. The van der Waals surface area contributed by atoms with Gasteiger partial charge < -0.3 is 19.5 Å². The molecule has 1 aromatic rings. The standard InChI is InChI=1S/C17H23NO4/c19-17(20-10-7-13-5-8-18-9-6-13)11-14-12-21-15-3-1-2-4-16(15)22-14/h1-4,13-14,18H,5-12H2. The van der Waals surface area contributed by atoms with Crippen molar-refractivity contribution < 1.29 is 19.0 Å². The first-order valence-corrected chi connectivity index (χ1v) is 8.06. The SMILES string of the molecule is O=C(CC1COc2ccccc2O1)OCCC1CCNCC1. The molecule has 120 valence electrons. The van der Waals surface area contributed by atoms with E-state index in [0.29, 0.717) is 24.9 Å². The second kappa shape index (κ2) is 7.49. The first-order chi connectivity index (χ1) is 10.8. The Bertz CT molecular complexity index is 499. The number of ether oxygens (including phenoxy) is 3. The fourth-order valence-electron chi connectivity index (χ4n) is 2.92. The molecule has 0 spiro atoms. The van der Waals surface area contributed by atoms with Crippen LogP contribution < -0.4 is 14.8 Å². The van der Waals surface area contributed by atoms with E-state index < -0.39 is 0 Å². The third-order valence-electron chi connectivity index (χ3n) is 4.21. The summed E-state index contributed by atoms with van der Waals surface area (Å²) in [7, 11) is 0. The number of rotatable bonds is 5. The third kappa shape index (κ3) is 4.13. The quantitative estimate of drug-likeness (QED) is 0.845. The van der Waals surface area contributed by atoms with Crippen LogP contribution in [0.3, 0.4) is 0 Å². The van der Waals surface area contributed by atoms with Gasteiger partial charge in [-0.2, -0.15) is 0 Å². The molecule has 5 heteroatoms. The molecule has 2 aliphatic rings. The van der Waals surface area contributed by atoms with Gasteiger partial charge in [-0.05, 0) is 50.4 Å². The molecule has 1 N–H and O–H groups in total. The van der Waals surface area contributed by atoms with Crippen molar-refractivity contribution in [2.75, 3.05) is 26.3 Å². The molecule has 0 radical (unpaired) electrons. The van der Waals surface area contributed by atoms with Crippen molar-refractivity contribution in [3.63, 3.8) is 0 Å². The fraction of sp³-hybridized carbons (Fsp3) is 0.588.